The van der Waals surface area contributed by atoms with Crippen LogP contribution in [0.2, 0.25) is 0 Å². The summed E-state index contributed by atoms with van der Waals surface area (Å²) >= 11 is 0. The van der Waals surface area contributed by atoms with Crippen LogP contribution in [0.25, 0.3) is 0 Å². The van der Waals surface area contributed by atoms with Crippen molar-refractivity contribution in [3.05, 3.63) is 72.0 Å². The zero-order valence-corrected chi connectivity index (χ0v) is 11.1. The van der Waals surface area contributed by atoms with Gasteiger partial charge in [-0.2, -0.15) is 0 Å². The van der Waals surface area contributed by atoms with E-state index in [4.69, 9.17) is 5.11 Å². The zero-order valence-electron chi connectivity index (χ0n) is 11.1. The second-order valence-electron chi connectivity index (χ2n) is 3.73. The first-order valence-corrected chi connectivity index (χ1v) is 5.82. The minimum Gasteiger partial charge on any atom is -0.515 e. The number of benzene rings is 1. The summed E-state index contributed by atoms with van der Waals surface area (Å²) in [4.78, 5) is 0. The molecule has 98 valence electrons. The summed E-state index contributed by atoms with van der Waals surface area (Å²) in [6.07, 6.45) is 8.37. The summed E-state index contributed by atoms with van der Waals surface area (Å²) in [5.41, 5.74) is 3.55. The van der Waals surface area contributed by atoms with Gasteiger partial charge in [0.15, 0.2) is 0 Å². The third kappa shape index (κ3) is 6.04. The molecule has 0 aromatic heterocycles. The molecule has 2 heteroatoms. The minimum absolute atomic E-state index is 0.500. The summed E-state index contributed by atoms with van der Waals surface area (Å²) in [7, 11) is 0.500. The van der Waals surface area contributed by atoms with Crippen LogP contribution in [0.5, 0.6) is 0 Å². The number of aliphatic hydroxyl groups is 1. The van der Waals surface area contributed by atoms with E-state index in [1.807, 2.05) is 24.3 Å². The smallest absolute Gasteiger partial charge is 0.0823 e. The van der Waals surface area contributed by atoms with Crippen molar-refractivity contribution in [1.82, 2.24) is 0 Å². The van der Waals surface area contributed by atoms with E-state index >= 15 is 0 Å². The number of hydrogen-bond acceptors (Lipinski definition) is 1. The molecule has 0 aliphatic rings. The molecule has 0 aliphatic heterocycles. The number of hydrogen-bond donors (Lipinski definition) is 1. The van der Waals surface area contributed by atoms with Gasteiger partial charge in [0, 0.05) is 0 Å². The third-order valence-corrected chi connectivity index (χ3v) is 2.56. The first-order chi connectivity index (χ1) is 8.77. The van der Waals surface area contributed by atoms with E-state index in [9.17, 15) is 4.39 Å². The lowest BCUT2D eigenvalue weighted by Gasteiger charge is -2.05. The zero-order chi connectivity index (χ0) is 13.8. The Morgan fingerprint density at radius 1 is 1.33 bits per heavy atom. The Balaban J connectivity index is 0.00000137. The van der Waals surface area contributed by atoms with E-state index in [1.165, 1.54) is 11.1 Å². The number of aliphatic hydroxyl groups excluding tert-OH is 1. The number of alkyl halides is 1. The summed E-state index contributed by atoms with van der Waals surface area (Å²) < 4.78 is 9.50. The summed E-state index contributed by atoms with van der Waals surface area (Å²) in [6.45, 7) is 5.71. The van der Waals surface area contributed by atoms with E-state index in [2.05, 4.69) is 25.6 Å². The van der Waals surface area contributed by atoms with E-state index < -0.39 is 0 Å². The fourth-order valence-corrected chi connectivity index (χ4v) is 1.55. The lowest BCUT2D eigenvalue weighted by atomic mass is 10.0. The van der Waals surface area contributed by atoms with Crippen molar-refractivity contribution in [3.8, 4) is 0 Å². The average Bonchev–Trinajstić information content (AvgIpc) is 2.43. The van der Waals surface area contributed by atoms with Gasteiger partial charge in [0.2, 0.25) is 0 Å². The molecule has 0 saturated heterocycles. The number of aryl methyl sites for hydroxylation is 2. The Kier molecular flexibility index (Phi) is 9.28. The van der Waals surface area contributed by atoms with Crippen LogP contribution in [-0.2, 0) is 6.42 Å². The van der Waals surface area contributed by atoms with Crippen LogP contribution in [0.4, 0.5) is 4.39 Å². The molecular formula is C16H21FO. The monoisotopic (exact) mass is 248 g/mol. The lowest BCUT2D eigenvalue weighted by Crippen LogP contribution is -1.90. The van der Waals surface area contributed by atoms with Gasteiger partial charge in [0.05, 0.1) is 13.4 Å². The summed E-state index contributed by atoms with van der Waals surface area (Å²) in [6, 6.07) is 8.32. The molecule has 1 N–H and O–H groups in total. The van der Waals surface area contributed by atoms with Crippen LogP contribution in [-0.4, -0.2) is 12.3 Å². The summed E-state index contributed by atoms with van der Waals surface area (Å²) in [5, 5.41) is 9.05. The van der Waals surface area contributed by atoms with E-state index in [0.717, 1.165) is 24.7 Å². The van der Waals surface area contributed by atoms with Gasteiger partial charge in [0.25, 0.3) is 0 Å². The number of allylic oxidation sites excluding steroid dienone is 4. The molecular weight excluding hydrogens is 227 g/mol. The van der Waals surface area contributed by atoms with Gasteiger partial charge >= 0.3 is 0 Å². The minimum atomic E-state index is 0.500. The molecule has 18 heavy (non-hydrogen) atoms. The predicted molar refractivity (Wildman–Crippen MR) is 76.6 cm³/mol. The van der Waals surface area contributed by atoms with Gasteiger partial charge in [-0.1, -0.05) is 49.1 Å². The fourth-order valence-electron chi connectivity index (χ4n) is 1.55. The molecule has 1 nitrogen and oxygen atoms in total. The maximum atomic E-state index is 9.50. The van der Waals surface area contributed by atoms with Crippen LogP contribution >= 0.6 is 0 Å². The van der Waals surface area contributed by atoms with E-state index in [-0.39, 0.29) is 0 Å². The number of halogens is 1. The van der Waals surface area contributed by atoms with Crippen molar-refractivity contribution >= 4 is 0 Å². The highest BCUT2D eigenvalue weighted by molar-refractivity contribution is 5.28. The van der Waals surface area contributed by atoms with E-state index in [0.29, 0.717) is 7.18 Å². The Bertz CT molecular complexity index is 405. The van der Waals surface area contributed by atoms with Gasteiger partial charge < -0.3 is 5.11 Å². The van der Waals surface area contributed by atoms with Crippen molar-refractivity contribution < 1.29 is 9.50 Å². The highest BCUT2D eigenvalue weighted by Crippen LogP contribution is 2.13. The third-order valence-electron chi connectivity index (χ3n) is 2.56. The molecule has 0 spiro atoms. The molecule has 0 radical (unpaired) electrons. The Morgan fingerprint density at radius 2 is 2.00 bits per heavy atom. The first-order valence-electron chi connectivity index (χ1n) is 5.82. The van der Waals surface area contributed by atoms with Crippen LogP contribution in [0.1, 0.15) is 17.5 Å². The Labute approximate surface area is 109 Å². The van der Waals surface area contributed by atoms with Crippen LogP contribution < -0.4 is 0 Å². The van der Waals surface area contributed by atoms with E-state index in [1.54, 1.807) is 6.08 Å². The van der Waals surface area contributed by atoms with Crippen molar-refractivity contribution in [2.45, 2.75) is 19.8 Å². The first kappa shape index (κ1) is 16.2. The summed E-state index contributed by atoms with van der Waals surface area (Å²) in [5.74, 6) is 0. The quantitative estimate of drug-likeness (QED) is 0.591. The molecule has 0 heterocycles. The van der Waals surface area contributed by atoms with Crippen molar-refractivity contribution in [2.24, 2.45) is 0 Å². The second kappa shape index (κ2) is 10.3. The Morgan fingerprint density at radius 3 is 2.56 bits per heavy atom. The topological polar surface area (TPSA) is 20.2 Å². The highest BCUT2D eigenvalue weighted by Gasteiger charge is 1.98. The second-order valence-corrected chi connectivity index (χ2v) is 3.73. The molecule has 0 aliphatic carbocycles. The Hall–Kier alpha value is -1.83. The van der Waals surface area contributed by atoms with Crippen LogP contribution in [0.3, 0.4) is 0 Å². The maximum Gasteiger partial charge on any atom is 0.0823 e. The molecule has 0 unspecified atom stereocenters. The van der Waals surface area contributed by atoms with Gasteiger partial charge in [0.1, 0.15) is 0 Å². The molecule has 0 amide bonds. The molecule has 1 rings (SSSR count). The average molecular weight is 248 g/mol. The molecule has 1 aromatic rings. The van der Waals surface area contributed by atoms with Crippen molar-refractivity contribution in [3.63, 3.8) is 0 Å². The SMILES string of the molecule is C=C/C=C\C(=C/O)CCc1ccccc1C.CF. The predicted octanol–water partition coefficient (Wildman–Crippen LogP) is 4.70. The lowest BCUT2D eigenvalue weighted by molar-refractivity contribution is 0.466. The van der Waals surface area contributed by atoms with Crippen LogP contribution in [0.15, 0.2) is 60.9 Å². The van der Waals surface area contributed by atoms with Gasteiger partial charge in [-0.05, 0) is 36.5 Å². The van der Waals surface area contributed by atoms with Crippen LogP contribution in [0, 0.1) is 6.92 Å². The molecule has 1 aromatic carbocycles. The molecule has 0 fully saturated rings. The van der Waals surface area contributed by atoms with Crippen molar-refractivity contribution in [2.75, 3.05) is 7.18 Å². The molecule has 0 saturated carbocycles. The molecule has 0 atom stereocenters. The fraction of sp³-hybridized carbons (Fsp3) is 0.250. The van der Waals surface area contributed by atoms with Gasteiger partial charge in [-0.3, -0.25) is 4.39 Å². The normalized spacial score (nSPS) is 10.9. The van der Waals surface area contributed by atoms with Crippen molar-refractivity contribution in [1.29, 1.82) is 0 Å². The van der Waals surface area contributed by atoms with Gasteiger partial charge in [-0.15, -0.1) is 0 Å². The maximum absolute atomic E-state index is 9.50. The number of rotatable bonds is 5. The van der Waals surface area contributed by atoms with Gasteiger partial charge in [-0.25, -0.2) is 0 Å². The molecule has 0 bridgehead atoms. The largest absolute Gasteiger partial charge is 0.515 e. The highest BCUT2D eigenvalue weighted by atomic mass is 19.1. The standard InChI is InChI=1S/C15H18O.CH3F/c1-3-4-8-14(12-16)10-11-15-9-6-5-7-13(15)2;1-2/h3-9,12,16H,1,10-11H2,2H3;1H3/b8-4-,14-12+;.